The summed E-state index contributed by atoms with van der Waals surface area (Å²) in [6.45, 7) is 3.63. The Hall–Kier alpha value is -3.33. The Morgan fingerprint density at radius 2 is 1.87 bits per heavy atom. The molecule has 0 spiro atoms. The molecule has 9 heteroatoms. The number of pyridine rings is 1. The molecule has 2 aromatic carbocycles. The van der Waals surface area contributed by atoms with Crippen LogP contribution in [0.2, 0.25) is 5.02 Å². The van der Waals surface area contributed by atoms with E-state index in [1.54, 1.807) is 18.5 Å². The molecule has 1 fully saturated rings. The summed E-state index contributed by atoms with van der Waals surface area (Å²) >= 11 is 7.96. The van der Waals surface area contributed by atoms with Crippen LogP contribution in [-0.2, 0) is 6.54 Å². The van der Waals surface area contributed by atoms with Crippen molar-refractivity contribution in [3.63, 3.8) is 0 Å². The molecule has 1 saturated carbocycles. The summed E-state index contributed by atoms with van der Waals surface area (Å²) in [6.07, 6.45) is 8.49. The quantitative estimate of drug-likeness (QED) is 0.169. The summed E-state index contributed by atoms with van der Waals surface area (Å²) in [5, 5.41) is 16.0. The number of amides is 1. The molecule has 2 aromatic heterocycles. The van der Waals surface area contributed by atoms with E-state index < -0.39 is 4.92 Å². The molecule has 39 heavy (non-hydrogen) atoms. The van der Waals surface area contributed by atoms with E-state index >= 15 is 0 Å². The Bertz CT molecular complexity index is 1470. The third kappa shape index (κ3) is 6.13. The third-order valence-corrected chi connectivity index (χ3v) is 9.04. The van der Waals surface area contributed by atoms with E-state index in [9.17, 15) is 14.9 Å². The van der Waals surface area contributed by atoms with Crippen molar-refractivity contribution in [2.75, 3.05) is 6.54 Å². The predicted molar refractivity (Wildman–Crippen MR) is 157 cm³/mol. The van der Waals surface area contributed by atoms with Crippen LogP contribution >= 0.6 is 22.9 Å². The highest BCUT2D eigenvalue weighted by Crippen LogP contribution is 2.39. The number of nitro benzene ring substituents is 1. The summed E-state index contributed by atoms with van der Waals surface area (Å²) < 4.78 is 0.643. The Morgan fingerprint density at radius 1 is 1.10 bits per heavy atom. The van der Waals surface area contributed by atoms with Gasteiger partial charge in [0, 0.05) is 53.2 Å². The van der Waals surface area contributed by atoms with E-state index in [4.69, 9.17) is 11.6 Å². The number of non-ortho nitro benzene ring substituents is 1. The van der Waals surface area contributed by atoms with Crippen molar-refractivity contribution in [3.05, 3.63) is 92.6 Å². The first-order chi connectivity index (χ1) is 18.9. The number of carbonyl (C=O) groups is 1. The molecule has 1 N–H and O–H groups in total. The van der Waals surface area contributed by atoms with E-state index in [0.29, 0.717) is 32.6 Å². The molecule has 0 aliphatic heterocycles. The van der Waals surface area contributed by atoms with Gasteiger partial charge in [-0.25, -0.2) is 0 Å². The first-order valence-corrected chi connectivity index (χ1v) is 14.5. The number of hydrogen-bond acceptors (Lipinski definition) is 6. The lowest BCUT2D eigenvalue weighted by Gasteiger charge is -2.37. The van der Waals surface area contributed by atoms with Gasteiger partial charge in [0.2, 0.25) is 0 Å². The average Bonchev–Trinajstić information content (AvgIpc) is 3.31. The summed E-state index contributed by atoms with van der Waals surface area (Å²) in [5.74, 6) is -0.122. The second kappa shape index (κ2) is 12.2. The summed E-state index contributed by atoms with van der Waals surface area (Å²) in [4.78, 5) is 31.6. The Morgan fingerprint density at radius 3 is 2.59 bits per heavy atom. The number of fused-ring (bicyclic) bond motifs is 1. The first kappa shape index (κ1) is 27.2. The maximum atomic E-state index is 14.2. The van der Waals surface area contributed by atoms with Gasteiger partial charge in [-0.05, 0) is 79.6 Å². The topological polar surface area (TPSA) is 88.4 Å². The molecule has 5 rings (SSSR count). The van der Waals surface area contributed by atoms with Gasteiger partial charge >= 0.3 is 0 Å². The summed E-state index contributed by atoms with van der Waals surface area (Å²) in [5.41, 5.74) is 3.17. The Labute approximate surface area is 237 Å². The number of carbonyl (C=O) groups excluding carboxylic acids is 1. The van der Waals surface area contributed by atoms with Crippen molar-refractivity contribution in [1.29, 1.82) is 0 Å². The average molecular weight is 563 g/mol. The Balaban J connectivity index is 1.46. The largest absolute Gasteiger partial charge is 0.331 e. The van der Waals surface area contributed by atoms with Crippen molar-refractivity contribution < 1.29 is 9.72 Å². The molecular formula is C30H31ClN4O3S. The van der Waals surface area contributed by atoms with Crippen LogP contribution in [0.15, 0.2) is 67.0 Å². The highest BCUT2D eigenvalue weighted by atomic mass is 35.5. The zero-order chi connectivity index (χ0) is 27.4. The van der Waals surface area contributed by atoms with Crippen molar-refractivity contribution in [3.8, 4) is 11.1 Å². The summed E-state index contributed by atoms with van der Waals surface area (Å²) in [7, 11) is 0. The number of thiophene rings is 1. The van der Waals surface area contributed by atoms with E-state index in [-0.39, 0.29) is 17.6 Å². The standard InChI is InChI=1S/C30H31ClN4O3S/c1-2-14-33-23-6-8-24(9-7-23)34(19-20-4-3-5-22(17-20)21-12-15-32-16-13-21)30(36)29-28(31)26-11-10-25(35(37)38)18-27(26)39-29/h3-5,10-13,15-18,23-24,33H,2,6-9,14,19H2,1H3. The predicted octanol–water partition coefficient (Wildman–Crippen LogP) is 7.48. The van der Waals surface area contributed by atoms with E-state index in [1.165, 1.54) is 23.5 Å². The number of nitrogens with one attached hydrogen (secondary N) is 1. The van der Waals surface area contributed by atoms with Gasteiger partial charge in [-0.15, -0.1) is 11.3 Å². The van der Waals surface area contributed by atoms with Gasteiger partial charge in [-0.2, -0.15) is 0 Å². The second-order valence-corrected chi connectivity index (χ2v) is 11.4. The molecule has 7 nitrogen and oxygen atoms in total. The van der Waals surface area contributed by atoms with Crippen LogP contribution in [0.25, 0.3) is 21.2 Å². The molecule has 0 unspecified atom stereocenters. The molecule has 1 aliphatic carbocycles. The van der Waals surface area contributed by atoms with Gasteiger partial charge in [0.25, 0.3) is 11.6 Å². The summed E-state index contributed by atoms with van der Waals surface area (Å²) in [6, 6.07) is 17.3. The first-order valence-electron chi connectivity index (χ1n) is 13.3. The van der Waals surface area contributed by atoms with Crippen molar-refractivity contribution in [2.45, 2.75) is 57.7 Å². The second-order valence-electron chi connectivity index (χ2n) is 10.0. The minimum absolute atomic E-state index is 0.0119. The van der Waals surface area contributed by atoms with Crippen molar-refractivity contribution in [2.24, 2.45) is 0 Å². The maximum absolute atomic E-state index is 14.2. The number of hydrogen-bond donors (Lipinski definition) is 1. The third-order valence-electron chi connectivity index (χ3n) is 7.39. The molecular weight excluding hydrogens is 532 g/mol. The molecule has 1 amide bonds. The molecule has 0 bridgehead atoms. The van der Waals surface area contributed by atoms with Gasteiger partial charge in [0.05, 0.1) is 9.95 Å². The minimum Gasteiger partial charge on any atom is -0.331 e. The van der Waals surface area contributed by atoms with Gasteiger partial charge < -0.3 is 10.2 Å². The van der Waals surface area contributed by atoms with Crippen LogP contribution in [0, 0.1) is 10.1 Å². The van der Waals surface area contributed by atoms with Gasteiger partial charge in [-0.3, -0.25) is 19.9 Å². The number of benzene rings is 2. The van der Waals surface area contributed by atoms with Crippen LogP contribution in [0.3, 0.4) is 0 Å². The monoisotopic (exact) mass is 562 g/mol. The lowest BCUT2D eigenvalue weighted by molar-refractivity contribution is -0.384. The van der Waals surface area contributed by atoms with Crippen LogP contribution in [-0.4, -0.2) is 39.3 Å². The SMILES string of the molecule is CCCNC1CCC(N(Cc2cccc(-c3ccncc3)c2)C(=O)c2sc3cc([N+](=O)[O-])ccc3c2Cl)CC1. The van der Waals surface area contributed by atoms with Crippen LogP contribution in [0.5, 0.6) is 0 Å². The molecule has 202 valence electrons. The fourth-order valence-corrected chi connectivity index (χ4v) is 6.83. The van der Waals surface area contributed by atoms with E-state index in [2.05, 4.69) is 35.4 Å². The number of aromatic nitrogens is 1. The van der Waals surface area contributed by atoms with Gasteiger partial charge in [0.15, 0.2) is 0 Å². The number of nitro groups is 1. The van der Waals surface area contributed by atoms with E-state index in [1.807, 2.05) is 23.1 Å². The zero-order valence-corrected chi connectivity index (χ0v) is 23.4. The lowest BCUT2D eigenvalue weighted by Crippen LogP contribution is -2.45. The minimum atomic E-state index is -0.429. The number of nitrogens with zero attached hydrogens (tertiary/aromatic N) is 3. The van der Waals surface area contributed by atoms with Crippen LogP contribution in [0.4, 0.5) is 5.69 Å². The maximum Gasteiger partial charge on any atom is 0.270 e. The van der Waals surface area contributed by atoms with Crippen molar-refractivity contribution >= 4 is 44.6 Å². The van der Waals surface area contributed by atoms with Crippen LogP contribution in [0.1, 0.15) is 54.3 Å². The smallest absolute Gasteiger partial charge is 0.270 e. The molecule has 0 saturated heterocycles. The Kier molecular flexibility index (Phi) is 8.55. The zero-order valence-electron chi connectivity index (χ0n) is 21.8. The van der Waals surface area contributed by atoms with Gasteiger partial charge in [-0.1, -0.05) is 36.7 Å². The fourth-order valence-electron chi connectivity index (χ4n) is 5.33. The molecule has 4 aromatic rings. The highest BCUT2D eigenvalue weighted by molar-refractivity contribution is 7.21. The van der Waals surface area contributed by atoms with Crippen molar-refractivity contribution in [1.82, 2.24) is 15.2 Å². The highest BCUT2D eigenvalue weighted by Gasteiger charge is 2.32. The lowest BCUT2D eigenvalue weighted by atomic mass is 9.89. The number of rotatable bonds is 9. The fraction of sp³-hybridized carbons (Fsp3) is 0.333. The van der Waals surface area contributed by atoms with E-state index in [0.717, 1.165) is 55.3 Å². The number of halogens is 1. The molecule has 2 heterocycles. The molecule has 1 aliphatic rings. The molecule has 0 radical (unpaired) electrons. The molecule has 0 atom stereocenters. The van der Waals surface area contributed by atoms with Gasteiger partial charge in [0.1, 0.15) is 4.88 Å². The normalized spacial score (nSPS) is 17.3. The van der Waals surface area contributed by atoms with Crippen LogP contribution < -0.4 is 5.32 Å².